The van der Waals surface area contributed by atoms with Gasteiger partial charge in [0, 0.05) is 10.2 Å². The molecule has 1 aliphatic heterocycles. The molecule has 3 rings (SSSR count). The topological polar surface area (TPSA) is 63.4 Å². The van der Waals surface area contributed by atoms with E-state index in [2.05, 4.69) is 15.9 Å². The van der Waals surface area contributed by atoms with Crippen molar-refractivity contribution in [2.45, 2.75) is 13.8 Å². The first kappa shape index (κ1) is 13.8. The van der Waals surface area contributed by atoms with E-state index < -0.39 is 0 Å². The molecule has 0 saturated carbocycles. The number of rotatable bonds is 1. The Balaban J connectivity index is 2.17. The number of carbonyl (C=O) groups is 2. The van der Waals surface area contributed by atoms with Gasteiger partial charge in [0.25, 0.3) is 11.8 Å². The smallest absolute Gasteiger partial charge is 0.268 e. The Morgan fingerprint density at radius 2 is 1.67 bits per heavy atom. The zero-order chi connectivity index (χ0) is 15.3. The van der Waals surface area contributed by atoms with Crippen molar-refractivity contribution >= 4 is 39.1 Å². The Morgan fingerprint density at radius 3 is 2.24 bits per heavy atom. The summed E-state index contributed by atoms with van der Waals surface area (Å²) < 4.78 is 0.974. The van der Waals surface area contributed by atoms with Crippen LogP contribution in [-0.4, -0.2) is 11.8 Å². The van der Waals surface area contributed by atoms with Crippen molar-refractivity contribution < 1.29 is 9.59 Å². The lowest BCUT2D eigenvalue weighted by Gasteiger charge is -2.16. The van der Waals surface area contributed by atoms with Gasteiger partial charge in [0.15, 0.2) is 0 Å². The van der Waals surface area contributed by atoms with Crippen LogP contribution in [0.15, 0.2) is 34.8 Å². The number of nitrogens with two attached hydrogens (primary N) is 1. The molecule has 0 radical (unpaired) electrons. The summed E-state index contributed by atoms with van der Waals surface area (Å²) in [5.41, 5.74) is 9.33. The molecule has 2 N–H and O–H groups in total. The third-order valence-electron chi connectivity index (χ3n) is 3.63. The molecule has 0 atom stereocenters. The summed E-state index contributed by atoms with van der Waals surface area (Å²) in [5.74, 6) is -0.697. The monoisotopic (exact) mass is 344 g/mol. The van der Waals surface area contributed by atoms with E-state index >= 15 is 0 Å². The minimum absolute atomic E-state index is 0.292. The van der Waals surface area contributed by atoms with Crippen molar-refractivity contribution in [2.75, 3.05) is 10.6 Å². The summed E-state index contributed by atoms with van der Waals surface area (Å²) in [5, 5.41) is 0. The van der Waals surface area contributed by atoms with E-state index in [9.17, 15) is 9.59 Å². The van der Waals surface area contributed by atoms with Gasteiger partial charge in [-0.15, -0.1) is 0 Å². The number of hydrogen-bond donors (Lipinski definition) is 1. The molecule has 5 heteroatoms. The molecular weight excluding hydrogens is 332 g/mol. The average Bonchev–Trinajstić information content (AvgIpc) is 2.69. The molecule has 0 saturated heterocycles. The predicted molar refractivity (Wildman–Crippen MR) is 85.6 cm³/mol. The molecular formula is C16H13BrN2O2. The maximum atomic E-state index is 12.5. The van der Waals surface area contributed by atoms with E-state index in [-0.39, 0.29) is 11.8 Å². The van der Waals surface area contributed by atoms with E-state index in [0.717, 1.165) is 15.6 Å². The standard InChI is InChI=1S/C16H13BrN2O2/c1-8-6-10(7-9(2)14(8)17)19-15(20)11-4-3-5-12(18)13(11)16(19)21/h3-7H,18H2,1-2H3. The number of aryl methyl sites for hydroxylation is 2. The maximum absolute atomic E-state index is 12.5. The van der Waals surface area contributed by atoms with Gasteiger partial charge in [-0.1, -0.05) is 22.0 Å². The van der Waals surface area contributed by atoms with Crippen molar-refractivity contribution in [3.05, 3.63) is 57.1 Å². The first-order chi connectivity index (χ1) is 9.91. The van der Waals surface area contributed by atoms with Crippen molar-refractivity contribution in [1.82, 2.24) is 0 Å². The molecule has 1 aliphatic rings. The van der Waals surface area contributed by atoms with Crippen LogP contribution in [-0.2, 0) is 0 Å². The van der Waals surface area contributed by atoms with Gasteiger partial charge in [0.2, 0.25) is 0 Å². The second kappa shape index (κ2) is 4.70. The number of anilines is 2. The number of nitrogen functional groups attached to an aromatic ring is 1. The Labute approximate surface area is 130 Å². The van der Waals surface area contributed by atoms with Crippen molar-refractivity contribution in [3.63, 3.8) is 0 Å². The lowest BCUT2D eigenvalue weighted by atomic mass is 10.1. The van der Waals surface area contributed by atoms with Gasteiger partial charge in [-0.05, 0) is 49.2 Å². The Bertz CT molecular complexity index is 776. The van der Waals surface area contributed by atoms with Gasteiger partial charge in [-0.2, -0.15) is 0 Å². The highest BCUT2D eigenvalue weighted by atomic mass is 79.9. The van der Waals surface area contributed by atoms with Crippen LogP contribution in [0.1, 0.15) is 31.8 Å². The molecule has 0 bridgehead atoms. The quantitative estimate of drug-likeness (QED) is 0.636. The SMILES string of the molecule is Cc1cc(N2C(=O)c3cccc(N)c3C2=O)cc(C)c1Br. The number of nitrogens with zero attached hydrogens (tertiary/aromatic N) is 1. The molecule has 4 nitrogen and oxygen atoms in total. The number of benzene rings is 2. The molecule has 106 valence electrons. The number of amides is 2. The third kappa shape index (κ3) is 1.96. The van der Waals surface area contributed by atoms with E-state index in [4.69, 9.17) is 5.73 Å². The van der Waals surface area contributed by atoms with E-state index in [1.165, 1.54) is 4.90 Å². The van der Waals surface area contributed by atoms with E-state index in [1.54, 1.807) is 18.2 Å². The fourth-order valence-corrected chi connectivity index (χ4v) is 2.83. The van der Waals surface area contributed by atoms with Gasteiger partial charge in [0.1, 0.15) is 0 Å². The summed E-state index contributed by atoms with van der Waals surface area (Å²) >= 11 is 3.48. The molecule has 2 amide bonds. The van der Waals surface area contributed by atoms with Crippen LogP contribution in [0.5, 0.6) is 0 Å². The Hall–Kier alpha value is -2.14. The molecule has 0 aliphatic carbocycles. The lowest BCUT2D eigenvalue weighted by molar-refractivity contribution is 0.0926. The maximum Gasteiger partial charge on any atom is 0.268 e. The highest BCUT2D eigenvalue weighted by Gasteiger charge is 2.38. The van der Waals surface area contributed by atoms with Gasteiger partial charge in [-0.3, -0.25) is 9.59 Å². The highest BCUT2D eigenvalue weighted by Crippen LogP contribution is 2.34. The van der Waals surface area contributed by atoms with Crippen LogP contribution in [0.25, 0.3) is 0 Å². The van der Waals surface area contributed by atoms with Crippen LogP contribution >= 0.6 is 15.9 Å². The second-order valence-corrected chi connectivity index (χ2v) is 5.90. The van der Waals surface area contributed by atoms with E-state index in [0.29, 0.717) is 22.5 Å². The number of imide groups is 1. The number of fused-ring (bicyclic) bond motifs is 1. The zero-order valence-electron chi connectivity index (χ0n) is 11.6. The third-order valence-corrected chi connectivity index (χ3v) is 4.88. The van der Waals surface area contributed by atoms with Crippen molar-refractivity contribution in [1.29, 1.82) is 0 Å². The van der Waals surface area contributed by atoms with Gasteiger partial charge >= 0.3 is 0 Å². The van der Waals surface area contributed by atoms with Crippen LogP contribution in [0.3, 0.4) is 0 Å². The van der Waals surface area contributed by atoms with Crippen LogP contribution < -0.4 is 10.6 Å². The first-order valence-corrected chi connectivity index (χ1v) is 7.25. The number of hydrogen-bond acceptors (Lipinski definition) is 3. The summed E-state index contributed by atoms with van der Waals surface area (Å²) in [6, 6.07) is 8.57. The molecule has 21 heavy (non-hydrogen) atoms. The molecule has 0 fully saturated rings. The first-order valence-electron chi connectivity index (χ1n) is 6.46. The zero-order valence-corrected chi connectivity index (χ0v) is 13.2. The fourth-order valence-electron chi connectivity index (χ4n) is 2.60. The molecule has 0 spiro atoms. The fraction of sp³-hybridized carbons (Fsp3) is 0.125. The van der Waals surface area contributed by atoms with Crippen LogP contribution in [0.4, 0.5) is 11.4 Å². The van der Waals surface area contributed by atoms with E-state index in [1.807, 2.05) is 26.0 Å². The lowest BCUT2D eigenvalue weighted by Crippen LogP contribution is -2.29. The van der Waals surface area contributed by atoms with Gasteiger partial charge < -0.3 is 5.73 Å². The largest absolute Gasteiger partial charge is 0.398 e. The van der Waals surface area contributed by atoms with Crippen LogP contribution in [0, 0.1) is 13.8 Å². The summed E-state index contributed by atoms with van der Waals surface area (Å²) in [6.07, 6.45) is 0. The second-order valence-electron chi connectivity index (χ2n) is 5.11. The van der Waals surface area contributed by atoms with Crippen molar-refractivity contribution in [2.24, 2.45) is 0 Å². The number of carbonyl (C=O) groups excluding carboxylic acids is 2. The minimum Gasteiger partial charge on any atom is -0.398 e. The summed E-state index contributed by atoms with van der Waals surface area (Å²) in [7, 11) is 0. The van der Waals surface area contributed by atoms with Gasteiger partial charge in [-0.25, -0.2) is 4.90 Å². The minimum atomic E-state index is -0.366. The Morgan fingerprint density at radius 1 is 1.05 bits per heavy atom. The molecule has 0 unspecified atom stereocenters. The summed E-state index contributed by atoms with van der Waals surface area (Å²) in [4.78, 5) is 26.2. The average molecular weight is 345 g/mol. The normalized spacial score (nSPS) is 13.8. The van der Waals surface area contributed by atoms with Crippen LogP contribution in [0.2, 0.25) is 0 Å². The Kier molecular flexibility index (Phi) is 3.10. The van der Waals surface area contributed by atoms with Gasteiger partial charge in [0.05, 0.1) is 16.8 Å². The molecule has 2 aromatic rings. The summed E-state index contributed by atoms with van der Waals surface area (Å²) in [6.45, 7) is 3.85. The number of halogens is 1. The molecule has 1 heterocycles. The molecule has 2 aromatic carbocycles. The molecule has 0 aromatic heterocycles. The highest BCUT2D eigenvalue weighted by molar-refractivity contribution is 9.10. The van der Waals surface area contributed by atoms with Crippen molar-refractivity contribution in [3.8, 4) is 0 Å². The predicted octanol–water partition coefficient (Wildman–Crippen LogP) is 3.45.